The number of piperazine rings is 1. The fraction of sp³-hybridized carbons (Fsp3) is 0.263. The number of halogens is 1. The Balaban J connectivity index is 1.60. The summed E-state index contributed by atoms with van der Waals surface area (Å²) in [5, 5.41) is 22.7. The minimum absolute atomic E-state index is 0.0308. The van der Waals surface area contributed by atoms with Crippen molar-refractivity contribution in [3.8, 4) is 0 Å². The number of rotatable bonds is 4. The zero-order valence-electron chi connectivity index (χ0n) is 15.6. The molecule has 1 aliphatic heterocycles. The molecule has 0 bridgehead atoms. The Kier molecular flexibility index (Phi) is 5.88. The highest BCUT2D eigenvalue weighted by atomic mass is 35.5. The van der Waals surface area contributed by atoms with E-state index in [0.29, 0.717) is 31.9 Å². The van der Waals surface area contributed by atoms with Gasteiger partial charge in [0.1, 0.15) is 0 Å². The van der Waals surface area contributed by atoms with Crippen LogP contribution in [0.4, 0.5) is 21.9 Å². The highest BCUT2D eigenvalue weighted by Crippen LogP contribution is 2.26. The standard InChI is InChI=1S/C19H19ClN4O5/c1-12-10-14(24(28)29)3-5-17(12)22-6-8-23(9-7-22)19(27)21-13-2-4-15(18(25)26)16(20)11-13/h2-5,10-11H,6-9H2,1H3,(H,21,27)(H,25,26). The number of hydrogen-bond acceptors (Lipinski definition) is 5. The van der Waals surface area contributed by atoms with Gasteiger partial charge in [0.2, 0.25) is 0 Å². The van der Waals surface area contributed by atoms with Gasteiger partial charge >= 0.3 is 12.0 Å². The number of carbonyl (C=O) groups excluding carboxylic acids is 1. The second-order valence-electron chi connectivity index (χ2n) is 6.63. The lowest BCUT2D eigenvalue weighted by Crippen LogP contribution is -2.50. The molecule has 2 amide bonds. The van der Waals surface area contributed by atoms with E-state index in [2.05, 4.69) is 10.2 Å². The number of anilines is 2. The molecule has 29 heavy (non-hydrogen) atoms. The SMILES string of the molecule is Cc1cc([N+](=O)[O-])ccc1N1CCN(C(=O)Nc2ccc(C(=O)O)c(Cl)c2)CC1. The van der Waals surface area contributed by atoms with Crippen molar-refractivity contribution in [2.24, 2.45) is 0 Å². The molecule has 9 nitrogen and oxygen atoms in total. The summed E-state index contributed by atoms with van der Waals surface area (Å²) in [5.41, 5.74) is 2.16. The van der Waals surface area contributed by atoms with Crippen LogP contribution in [0.25, 0.3) is 0 Å². The number of nitrogens with zero attached hydrogens (tertiary/aromatic N) is 3. The average Bonchev–Trinajstić information content (AvgIpc) is 2.67. The lowest BCUT2D eigenvalue weighted by Gasteiger charge is -2.36. The van der Waals surface area contributed by atoms with Crippen LogP contribution in [0.2, 0.25) is 5.02 Å². The topological polar surface area (TPSA) is 116 Å². The van der Waals surface area contributed by atoms with Gasteiger partial charge in [-0.1, -0.05) is 11.6 Å². The molecule has 2 aromatic rings. The number of nitro groups is 1. The summed E-state index contributed by atoms with van der Waals surface area (Å²) >= 11 is 5.93. The van der Waals surface area contributed by atoms with E-state index in [-0.39, 0.29) is 22.3 Å². The van der Waals surface area contributed by atoms with Crippen LogP contribution in [0.1, 0.15) is 15.9 Å². The van der Waals surface area contributed by atoms with E-state index >= 15 is 0 Å². The maximum atomic E-state index is 12.5. The summed E-state index contributed by atoms with van der Waals surface area (Å²) in [5.74, 6) is -1.13. The van der Waals surface area contributed by atoms with Gasteiger partial charge < -0.3 is 20.2 Å². The van der Waals surface area contributed by atoms with Crippen molar-refractivity contribution in [1.82, 2.24) is 4.90 Å². The number of carboxylic acid groups (broad SMARTS) is 1. The van der Waals surface area contributed by atoms with Crippen molar-refractivity contribution in [1.29, 1.82) is 0 Å². The number of benzene rings is 2. The monoisotopic (exact) mass is 418 g/mol. The molecule has 2 N–H and O–H groups in total. The molecule has 1 saturated heterocycles. The van der Waals surface area contributed by atoms with Gasteiger partial charge in [0.25, 0.3) is 5.69 Å². The number of aryl methyl sites for hydroxylation is 1. The maximum Gasteiger partial charge on any atom is 0.337 e. The highest BCUT2D eigenvalue weighted by molar-refractivity contribution is 6.33. The van der Waals surface area contributed by atoms with Gasteiger partial charge in [-0.05, 0) is 36.8 Å². The number of non-ortho nitro benzene ring substituents is 1. The van der Waals surface area contributed by atoms with E-state index in [4.69, 9.17) is 16.7 Å². The van der Waals surface area contributed by atoms with E-state index in [1.165, 1.54) is 24.3 Å². The van der Waals surface area contributed by atoms with Gasteiger partial charge in [0, 0.05) is 49.7 Å². The van der Waals surface area contributed by atoms with E-state index in [1.807, 2.05) is 6.92 Å². The Morgan fingerprint density at radius 3 is 2.38 bits per heavy atom. The molecule has 152 valence electrons. The molecular weight excluding hydrogens is 400 g/mol. The first-order chi connectivity index (χ1) is 13.8. The van der Waals surface area contributed by atoms with Crippen molar-refractivity contribution in [3.63, 3.8) is 0 Å². The van der Waals surface area contributed by atoms with E-state index in [0.717, 1.165) is 11.3 Å². The molecule has 1 aliphatic rings. The number of carbonyl (C=O) groups is 2. The first-order valence-corrected chi connectivity index (χ1v) is 9.23. The fourth-order valence-corrected chi connectivity index (χ4v) is 3.49. The molecule has 0 aromatic heterocycles. The molecule has 0 atom stereocenters. The Morgan fingerprint density at radius 2 is 1.83 bits per heavy atom. The summed E-state index contributed by atoms with van der Waals surface area (Å²) in [4.78, 5) is 37.7. The van der Waals surface area contributed by atoms with Crippen LogP contribution < -0.4 is 10.2 Å². The molecule has 0 aliphatic carbocycles. The fourth-order valence-electron chi connectivity index (χ4n) is 3.23. The minimum atomic E-state index is -1.13. The number of amides is 2. The van der Waals surface area contributed by atoms with Gasteiger partial charge in [0.15, 0.2) is 0 Å². The van der Waals surface area contributed by atoms with Gasteiger partial charge in [0.05, 0.1) is 15.5 Å². The van der Waals surface area contributed by atoms with Gasteiger partial charge in [-0.25, -0.2) is 9.59 Å². The Hall–Kier alpha value is -3.33. The number of aromatic carboxylic acids is 1. The van der Waals surface area contributed by atoms with Crippen LogP contribution in [0.15, 0.2) is 36.4 Å². The predicted molar refractivity (Wildman–Crippen MR) is 109 cm³/mol. The van der Waals surface area contributed by atoms with Crippen LogP contribution in [-0.2, 0) is 0 Å². The highest BCUT2D eigenvalue weighted by Gasteiger charge is 2.23. The molecule has 3 rings (SSSR count). The lowest BCUT2D eigenvalue weighted by atomic mass is 10.1. The normalized spacial score (nSPS) is 13.9. The third kappa shape index (κ3) is 4.57. The smallest absolute Gasteiger partial charge is 0.337 e. The van der Waals surface area contributed by atoms with Crippen LogP contribution in [0.3, 0.4) is 0 Å². The van der Waals surface area contributed by atoms with E-state index in [9.17, 15) is 19.7 Å². The summed E-state index contributed by atoms with van der Waals surface area (Å²) in [7, 11) is 0. The van der Waals surface area contributed by atoms with Gasteiger partial charge in [-0.3, -0.25) is 10.1 Å². The first kappa shape index (κ1) is 20.4. The van der Waals surface area contributed by atoms with Gasteiger partial charge in [-0.15, -0.1) is 0 Å². The van der Waals surface area contributed by atoms with Crippen LogP contribution in [-0.4, -0.2) is 53.1 Å². The van der Waals surface area contributed by atoms with Crippen molar-refractivity contribution < 1.29 is 19.6 Å². The number of nitrogens with one attached hydrogen (secondary N) is 1. The summed E-state index contributed by atoms with van der Waals surface area (Å²) in [6, 6.07) is 8.68. The number of carboxylic acids is 1. The Morgan fingerprint density at radius 1 is 1.14 bits per heavy atom. The van der Waals surface area contributed by atoms with Crippen molar-refractivity contribution in [2.45, 2.75) is 6.92 Å². The molecular formula is C19H19ClN4O5. The second-order valence-corrected chi connectivity index (χ2v) is 7.04. The Labute approximate surface area is 171 Å². The average molecular weight is 419 g/mol. The lowest BCUT2D eigenvalue weighted by molar-refractivity contribution is -0.384. The molecule has 0 saturated carbocycles. The van der Waals surface area contributed by atoms with Crippen LogP contribution in [0.5, 0.6) is 0 Å². The first-order valence-electron chi connectivity index (χ1n) is 8.85. The number of nitro benzene ring substituents is 1. The van der Waals surface area contributed by atoms with Crippen molar-refractivity contribution >= 4 is 40.7 Å². The molecule has 0 spiro atoms. The minimum Gasteiger partial charge on any atom is -0.478 e. The Bertz CT molecular complexity index is 973. The third-order valence-electron chi connectivity index (χ3n) is 4.75. The van der Waals surface area contributed by atoms with Crippen LogP contribution >= 0.6 is 11.6 Å². The maximum absolute atomic E-state index is 12.5. The largest absolute Gasteiger partial charge is 0.478 e. The number of urea groups is 1. The molecule has 10 heteroatoms. The molecule has 1 heterocycles. The molecule has 0 radical (unpaired) electrons. The van der Waals surface area contributed by atoms with Gasteiger partial charge in [-0.2, -0.15) is 0 Å². The quantitative estimate of drug-likeness (QED) is 0.578. The molecule has 2 aromatic carbocycles. The van der Waals surface area contributed by atoms with Crippen LogP contribution in [0, 0.1) is 17.0 Å². The van der Waals surface area contributed by atoms with E-state index in [1.54, 1.807) is 17.0 Å². The summed E-state index contributed by atoms with van der Waals surface area (Å²) in [6.07, 6.45) is 0. The predicted octanol–water partition coefficient (Wildman–Crippen LogP) is 3.61. The summed E-state index contributed by atoms with van der Waals surface area (Å²) < 4.78 is 0. The molecule has 1 fully saturated rings. The third-order valence-corrected chi connectivity index (χ3v) is 5.06. The van der Waals surface area contributed by atoms with Crippen molar-refractivity contribution in [2.75, 3.05) is 36.4 Å². The molecule has 0 unspecified atom stereocenters. The van der Waals surface area contributed by atoms with Crippen molar-refractivity contribution in [3.05, 3.63) is 62.7 Å². The number of hydrogen-bond donors (Lipinski definition) is 2. The second kappa shape index (κ2) is 8.36. The zero-order valence-corrected chi connectivity index (χ0v) is 16.3. The van der Waals surface area contributed by atoms with E-state index < -0.39 is 10.9 Å². The zero-order chi connectivity index (χ0) is 21.1. The summed E-state index contributed by atoms with van der Waals surface area (Å²) in [6.45, 7) is 3.95.